The smallest absolute Gasteiger partial charge is 0.374 e. The van der Waals surface area contributed by atoms with Crippen LogP contribution in [0, 0.1) is 0 Å². The lowest BCUT2D eigenvalue weighted by atomic mass is 9.82. The fourth-order valence-electron chi connectivity index (χ4n) is 3.68. The van der Waals surface area contributed by atoms with E-state index in [2.05, 4.69) is 0 Å². The molecule has 2 aromatic carbocycles. The van der Waals surface area contributed by atoms with Crippen molar-refractivity contribution in [2.75, 3.05) is 7.11 Å². The van der Waals surface area contributed by atoms with Crippen molar-refractivity contribution < 1.29 is 79.4 Å². The Kier molecular flexibility index (Phi) is 8.80. The SMILES string of the molecule is COC(C)(CC(F)(F)C(F)(F)C(F)(F)C(F)(F)C(F)(F)C(F)(F)C(F)(F)C(F)(F)F)c1cccc(-c2ccccc2)c1. The minimum Gasteiger partial charge on any atom is -0.374 e. The van der Waals surface area contributed by atoms with Crippen LogP contribution in [0.3, 0.4) is 0 Å². The summed E-state index contributed by atoms with van der Waals surface area (Å²) in [4.78, 5) is 0. The van der Waals surface area contributed by atoms with E-state index in [0.29, 0.717) is 19.6 Å². The Hall–Kier alpha value is -2.79. The molecule has 1 atom stereocenters. The van der Waals surface area contributed by atoms with Gasteiger partial charge in [-0.1, -0.05) is 48.5 Å². The van der Waals surface area contributed by atoms with E-state index in [1.165, 1.54) is 30.3 Å². The van der Waals surface area contributed by atoms with E-state index in [-0.39, 0.29) is 5.56 Å². The van der Waals surface area contributed by atoms with Crippen LogP contribution in [0.5, 0.6) is 0 Å². The second kappa shape index (κ2) is 10.4. The molecule has 0 aliphatic heterocycles. The van der Waals surface area contributed by atoms with Crippen LogP contribution in [0.2, 0.25) is 0 Å². The molecule has 1 nitrogen and oxygen atoms in total. The molecule has 18 heteroatoms. The lowest BCUT2D eigenvalue weighted by Gasteiger charge is -2.44. The Labute approximate surface area is 225 Å². The van der Waals surface area contributed by atoms with Gasteiger partial charge in [0.05, 0.1) is 12.0 Å². The van der Waals surface area contributed by atoms with Gasteiger partial charge < -0.3 is 4.74 Å². The zero-order valence-electron chi connectivity index (χ0n) is 20.7. The van der Waals surface area contributed by atoms with Crippen molar-refractivity contribution in [2.45, 2.75) is 66.6 Å². The highest BCUT2D eigenvalue weighted by Crippen LogP contribution is 2.64. The highest BCUT2D eigenvalue weighted by Gasteiger charge is 2.95. The summed E-state index contributed by atoms with van der Waals surface area (Å²) in [7, 11) is 0.560. The lowest BCUT2D eigenvalue weighted by molar-refractivity contribution is -0.462. The molecular formula is C24H17F17O. The normalized spacial score (nSPS) is 16.4. The molecule has 0 amide bonds. The second-order valence-electron chi connectivity index (χ2n) is 9.21. The molecule has 42 heavy (non-hydrogen) atoms. The summed E-state index contributed by atoms with van der Waals surface area (Å²) in [6, 6.07) is 12.0. The molecule has 0 fully saturated rings. The summed E-state index contributed by atoms with van der Waals surface area (Å²) < 4.78 is 236. The van der Waals surface area contributed by atoms with Gasteiger partial charge in [-0.05, 0) is 29.7 Å². The molecule has 0 aliphatic carbocycles. The second-order valence-corrected chi connectivity index (χ2v) is 9.21. The van der Waals surface area contributed by atoms with E-state index >= 15 is 0 Å². The summed E-state index contributed by atoms with van der Waals surface area (Å²) in [6.45, 7) is 0.546. The first kappa shape index (κ1) is 35.4. The van der Waals surface area contributed by atoms with Crippen molar-refractivity contribution in [3.05, 3.63) is 60.2 Å². The Bertz CT molecular complexity index is 1240. The predicted molar refractivity (Wildman–Crippen MR) is 112 cm³/mol. The molecule has 0 heterocycles. The van der Waals surface area contributed by atoms with Gasteiger partial charge in [0.2, 0.25) is 0 Å². The van der Waals surface area contributed by atoms with Crippen molar-refractivity contribution in [3.8, 4) is 11.1 Å². The van der Waals surface area contributed by atoms with Gasteiger partial charge in [0.25, 0.3) is 0 Å². The van der Waals surface area contributed by atoms with Gasteiger partial charge in [-0.3, -0.25) is 0 Å². The summed E-state index contributed by atoms with van der Waals surface area (Å²) in [5, 5.41) is 0. The predicted octanol–water partition coefficient (Wildman–Crippen LogP) is 9.61. The summed E-state index contributed by atoms with van der Waals surface area (Å²) >= 11 is 0. The van der Waals surface area contributed by atoms with E-state index in [4.69, 9.17) is 4.74 Å². The molecule has 1 unspecified atom stereocenters. The number of alkyl halides is 17. The monoisotopic (exact) mass is 644 g/mol. The molecule has 0 spiro atoms. The molecule has 0 radical (unpaired) electrons. The Morgan fingerprint density at radius 2 is 0.905 bits per heavy atom. The Morgan fingerprint density at radius 1 is 0.500 bits per heavy atom. The Balaban J connectivity index is 2.59. The molecule has 2 aromatic rings. The highest BCUT2D eigenvalue weighted by atomic mass is 19.4. The molecule has 0 saturated heterocycles. The van der Waals surface area contributed by atoms with E-state index in [1.807, 2.05) is 0 Å². The molecule has 0 saturated carbocycles. The lowest BCUT2D eigenvalue weighted by Crippen LogP contribution is -2.74. The van der Waals surface area contributed by atoms with Crippen molar-refractivity contribution >= 4 is 0 Å². The van der Waals surface area contributed by atoms with Crippen LogP contribution in [-0.4, -0.2) is 54.7 Å². The zero-order valence-corrected chi connectivity index (χ0v) is 20.7. The summed E-state index contributed by atoms with van der Waals surface area (Å²) in [6.07, 6.45) is -10.5. The van der Waals surface area contributed by atoms with Gasteiger partial charge in [-0.15, -0.1) is 0 Å². The first-order chi connectivity index (χ1) is 18.6. The van der Waals surface area contributed by atoms with Gasteiger partial charge >= 0.3 is 47.6 Å². The average Bonchev–Trinajstić information content (AvgIpc) is 2.87. The van der Waals surface area contributed by atoms with Gasteiger partial charge in [-0.25, -0.2) is 0 Å². The number of rotatable bonds is 11. The van der Waals surface area contributed by atoms with E-state index < -0.39 is 65.2 Å². The van der Waals surface area contributed by atoms with E-state index in [1.54, 1.807) is 6.07 Å². The highest BCUT2D eigenvalue weighted by molar-refractivity contribution is 5.64. The minimum absolute atomic E-state index is 0.191. The minimum atomic E-state index is -8.67. The number of ether oxygens (including phenoxy) is 1. The number of methoxy groups -OCH3 is 1. The van der Waals surface area contributed by atoms with Crippen LogP contribution in [0.1, 0.15) is 18.9 Å². The number of hydrogen-bond acceptors (Lipinski definition) is 1. The topological polar surface area (TPSA) is 9.23 Å². The van der Waals surface area contributed by atoms with Gasteiger partial charge in [0.1, 0.15) is 0 Å². The van der Waals surface area contributed by atoms with E-state index in [9.17, 15) is 74.6 Å². The van der Waals surface area contributed by atoms with Crippen LogP contribution in [-0.2, 0) is 10.3 Å². The van der Waals surface area contributed by atoms with Crippen LogP contribution in [0.4, 0.5) is 74.6 Å². The third kappa shape index (κ3) is 5.16. The zero-order chi connectivity index (χ0) is 33.0. The molecule has 238 valence electrons. The maximum Gasteiger partial charge on any atom is 0.460 e. The molecule has 0 aromatic heterocycles. The molecule has 0 bridgehead atoms. The van der Waals surface area contributed by atoms with Crippen LogP contribution >= 0.6 is 0 Å². The molecule has 0 aliphatic rings. The van der Waals surface area contributed by atoms with Crippen LogP contribution in [0.25, 0.3) is 11.1 Å². The molecule has 2 rings (SSSR count). The quantitative estimate of drug-likeness (QED) is 0.222. The van der Waals surface area contributed by atoms with Crippen LogP contribution < -0.4 is 0 Å². The maximum atomic E-state index is 14.7. The largest absolute Gasteiger partial charge is 0.460 e. The van der Waals surface area contributed by atoms with Crippen molar-refractivity contribution in [3.63, 3.8) is 0 Å². The number of benzene rings is 2. The first-order valence-corrected chi connectivity index (χ1v) is 11.0. The van der Waals surface area contributed by atoms with E-state index in [0.717, 1.165) is 18.2 Å². The van der Waals surface area contributed by atoms with Crippen molar-refractivity contribution in [1.29, 1.82) is 0 Å². The standard InChI is InChI=1S/C24H17F17O/c1-16(42-2,15-10-6-9-14(11-15)13-7-4-3-5-8-13)12-17(25,26)18(27,28)19(29,30)20(31,32)21(33,34)22(35,36)23(37,38)24(39,40)41/h3-11H,12H2,1-2H3. The number of hydrogen-bond donors (Lipinski definition) is 0. The van der Waals surface area contributed by atoms with Crippen LogP contribution in [0.15, 0.2) is 54.6 Å². The number of halogens is 17. The third-order valence-corrected chi connectivity index (χ3v) is 6.38. The fraction of sp³-hybridized carbons (Fsp3) is 0.500. The molecular weight excluding hydrogens is 627 g/mol. The first-order valence-electron chi connectivity index (χ1n) is 11.0. The van der Waals surface area contributed by atoms with Gasteiger partial charge in [0.15, 0.2) is 0 Å². The third-order valence-electron chi connectivity index (χ3n) is 6.38. The summed E-state index contributed by atoms with van der Waals surface area (Å²) in [5.41, 5.74) is -2.76. The van der Waals surface area contributed by atoms with Gasteiger partial charge in [0, 0.05) is 7.11 Å². The average molecular weight is 644 g/mol. The summed E-state index contributed by atoms with van der Waals surface area (Å²) in [5.74, 6) is -56.8. The Morgan fingerprint density at radius 3 is 1.33 bits per heavy atom. The van der Waals surface area contributed by atoms with Crippen molar-refractivity contribution in [2.24, 2.45) is 0 Å². The van der Waals surface area contributed by atoms with Gasteiger partial charge in [-0.2, -0.15) is 74.6 Å². The molecule has 0 N–H and O–H groups in total. The maximum absolute atomic E-state index is 14.7. The van der Waals surface area contributed by atoms with Crippen molar-refractivity contribution in [1.82, 2.24) is 0 Å². The fourth-order valence-corrected chi connectivity index (χ4v) is 3.68.